The maximum Gasteiger partial charge on any atom is 0.240 e. The summed E-state index contributed by atoms with van der Waals surface area (Å²) in [4.78, 5) is 12.0. The summed E-state index contributed by atoms with van der Waals surface area (Å²) in [7, 11) is 0. The van der Waals surface area contributed by atoms with Gasteiger partial charge in [-0.05, 0) is 50.7 Å². The van der Waals surface area contributed by atoms with Crippen LogP contribution in [-0.4, -0.2) is 12.5 Å². The van der Waals surface area contributed by atoms with Crippen LogP contribution < -0.4 is 5.32 Å². The molecule has 0 aromatic heterocycles. The standard InChI is InChI=1S/C16H20N2O/c1-12-4-5-14(13(2)10-12)6-9-18-15(19)16(11-17)7-3-8-16/h4-5,10H,3,6-9H2,1-2H3,(H,18,19). The number of carbonyl (C=O) groups is 1. The number of hydrogen-bond acceptors (Lipinski definition) is 2. The molecule has 100 valence electrons. The average molecular weight is 256 g/mol. The highest BCUT2D eigenvalue weighted by Gasteiger charge is 2.44. The minimum atomic E-state index is -0.734. The van der Waals surface area contributed by atoms with Crippen molar-refractivity contribution in [1.82, 2.24) is 5.32 Å². The van der Waals surface area contributed by atoms with Crippen molar-refractivity contribution in [2.45, 2.75) is 39.5 Å². The molecule has 3 nitrogen and oxygen atoms in total. The van der Waals surface area contributed by atoms with Crippen molar-refractivity contribution < 1.29 is 4.79 Å². The van der Waals surface area contributed by atoms with E-state index in [0.29, 0.717) is 19.4 Å². The van der Waals surface area contributed by atoms with Gasteiger partial charge in [-0.15, -0.1) is 0 Å². The molecular formula is C16H20N2O. The molecule has 0 atom stereocenters. The number of amides is 1. The predicted octanol–water partition coefficient (Wildman–Crippen LogP) is 2.66. The Morgan fingerprint density at radius 2 is 2.16 bits per heavy atom. The molecule has 0 heterocycles. The number of nitrogens with zero attached hydrogens (tertiary/aromatic N) is 1. The van der Waals surface area contributed by atoms with Gasteiger partial charge in [0, 0.05) is 6.54 Å². The Bertz CT molecular complexity index is 524. The maximum atomic E-state index is 12.0. The molecule has 0 radical (unpaired) electrons. The zero-order chi connectivity index (χ0) is 13.9. The summed E-state index contributed by atoms with van der Waals surface area (Å²) in [6.45, 7) is 4.77. The van der Waals surface area contributed by atoms with Crippen LogP contribution in [0.3, 0.4) is 0 Å². The number of rotatable bonds is 4. The highest BCUT2D eigenvalue weighted by Crippen LogP contribution is 2.40. The smallest absolute Gasteiger partial charge is 0.240 e. The Labute approximate surface area is 114 Å². The third-order valence-corrected chi connectivity index (χ3v) is 4.03. The summed E-state index contributed by atoms with van der Waals surface area (Å²) < 4.78 is 0. The monoisotopic (exact) mass is 256 g/mol. The lowest BCUT2D eigenvalue weighted by Crippen LogP contribution is -2.45. The number of benzene rings is 1. The van der Waals surface area contributed by atoms with Gasteiger partial charge in [-0.3, -0.25) is 4.79 Å². The van der Waals surface area contributed by atoms with Crippen molar-refractivity contribution in [1.29, 1.82) is 5.26 Å². The fourth-order valence-electron chi connectivity index (χ4n) is 2.53. The lowest BCUT2D eigenvalue weighted by atomic mass is 9.69. The molecule has 0 aliphatic heterocycles. The van der Waals surface area contributed by atoms with Crippen LogP contribution in [-0.2, 0) is 11.2 Å². The van der Waals surface area contributed by atoms with Crippen molar-refractivity contribution in [3.8, 4) is 6.07 Å². The van der Waals surface area contributed by atoms with Crippen LogP contribution in [0.4, 0.5) is 0 Å². The average Bonchev–Trinajstić information content (AvgIpc) is 2.31. The number of hydrogen-bond donors (Lipinski definition) is 1. The van der Waals surface area contributed by atoms with Crippen molar-refractivity contribution in [2.75, 3.05) is 6.54 Å². The minimum absolute atomic E-state index is 0.0917. The van der Waals surface area contributed by atoms with Gasteiger partial charge in [0.05, 0.1) is 6.07 Å². The fraction of sp³-hybridized carbons (Fsp3) is 0.500. The van der Waals surface area contributed by atoms with Gasteiger partial charge in [0.25, 0.3) is 0 Å². The van der Waals surface area contributed by atoms with Crippen LogP contribution in [0.25, 0.3) is 0 Å². The Morgan fingerprint density at radius 1 is 1.42 bits per heavy atom. The molecule has 1 saturated carbocycles. The minimum Gasteiger partial charge on any atom is -0.354 e. The van der Waals surface area contributed by atoms with Gasteiger partial charge < -0.3 is 5.32 Å². The molecule has 1 N–H and O–H groups in total. The molecule has 1 amide bonds. The van der Waals surface area contributed by atoms with Crippen molar-refractivity contribution in [2.24, 2.45) is 5.41 Å². The van der Waals surface area contributed by atoms with Crippen molar-refractivity contribution >= 4 is 5.91 Å². The maximum absolute atomic E-state index is 12.0. The van der Waals surface area contributed by atoms with Crippen LogP contribution in [0.15, 0.2) is 18.2 Å². The molecule has 0 saturated heterocycles. The molecule has 0 spiro atoms. The van der Waals surface area contributed by atoms with Crippen LogP contribution in [0.5, 0.6) is 0 Å². The Balaban J connectivity index is 1.87. The normalized spacial score (nSPS) is 16.3. The van der Waals surface area contributed by atoms with Crippen molar-refractivity contribution in [3.05, 3.63) is 34.9 Å². The van der Waals surface area contributed by atoms with E-state index in [2.05, 4.69) is 43.4 Å². The van der Waals surface area contributed by atoms with E-state index in [4.69, 9.17) is 5.26 Å². The van der Waals surface area contributed by atoms with E-state index in [1.807, 2.05) is 0 Å². The van der Waals surface area contributed by atoms with E-state index >= 15 is 0 Å². The van der Waals surface area contributed by atoms with E-state index in [1.54, 1.807) is 0 Å². The van der Waals surface area contributed by atoms with E-state index in [-0.39, 0.29) is 5.91 Å². The van der Waals surface area contributed by atoms with Gasteiger partial charge in [-0.1, -0.05) is 23.8 Å². The molecule has 0 bridgehead atoms. The van der Waals surface area contributed by atoms with E-state index in [9.17, 15) is 4.79 Å². The number of carbonyl (C=O) groups excluding carboxylic acids is 1. The first-order chi connectivity index (χ1) is 9.07. The topological polar surface area (TPSA) is 52.9 Å². The second-order valence-electron chi connectivity index (χ2n) is 5.48. The zero-order valence-corrected chi connectivity index (χ0v) is 11.6. The zero-order valence-electron chi connectivity index (χ0n) is 11.6. The lowest BCUT2D eigenvalue weighted by Gasteiger charge is -2.33. The summed E-state index contributed by atoms with van der Waals surface area (Å²) in [5.74, 6) is -0.0917. The summed E-state index contributed by atoms with van der Waals surface area (Å²) >= 11 is 0. The summed E-state index contributed by atoms with van der Waals surface area (Å²) in [5.41, 5.74) is 3.03. The van der Waals surface area contributed by atoms with Crippen LogP contribution in [0.2, 0.25) is 0 Å². The van der Waals surface area contributed by atoms with Gasteiger partial charge in [-0.2, -0.15) is 5.26 Å². The number of nitriles is 1. The first kappa shape index (κ1) is 13.6. The molecule has 1 fully saturated rings. The number of aryl methyl sites for hydroxylation is 2. The fourth-order valence-corrected chi connectivity index (χ4v) is 2.53. The quantitative estimate of drug-likeness (QED) is 0.900. The third kappa shape index (κ3) is 2.78. The van der Waals surface area contributed by atoms with Gasteiger partial charge in [0.1, 0.15) is 5.41 Å². The second-order valence-corrected chi connectivity index (χ2v) is 5.48. The number of nitrogens with one attached hydrogen (secondary N) is 1. The molecule has 0 unspecified atom stereocenters. The molecule has 1 aromatic rings. The first-order valence-electron chi connectivity index (χ1n) is 6.83. The molecule has 3 heteroatoms. The predicted molar refractivity (Wildman–Crippen MR) is 74.5 cm³/mol. The highest BCUT2D eigenvalue weighted by atomic mass is 16.2. The van der Waals surface area contributed by atoms with E-state index in [0.717, 1.165) is 12.8 Å². The first-order valence-corrected chi connectivity index (χ1v) is 6.83. The Hall–Kier alpha value is -1.82. The lowest BCUT2D eigenvalue weighted by molar-refractivity contribution is -0.131. The molecule has 1 aliphatic carbocycles. The van der Waals surface area contributed by atoms with Crippen LogP contribution in [0, 0.1) is 30.6 Å². The molecular weight excluding hydrogens is 236 g/mol. The second kappa shape index (κ2) is 5.44. The van der Waals surface area contributed by atoms with E-state index in [1.165, 1.54) is 16.7 Å². The Kier molecular flexibility index (Phi) is 3.90. The van der Waals surface area contributed by atoms with Crippen LogP contribution in [0.1, 0.15) is 36.0 Å². The van der Waals surface area contributed by atoms with E-state index < -0.39 is 5.41 Å². The Morgan fingerprint density at radius 3 is 2.68 bits per heavy atom. The summed E-state index contributed by atoms with van der Waals surface area (Å²) in [5, 5.41) is 12.0. The summed E-state index contributed by atoms with van der Waals surface area (Å²) in [6, 6.07) is 8.52. The largest absolute Gasteiger partial charge is 0.354 e. The SMILES string of the molecule is Cc1ccc(CCNC(=O)C2(C#N)CCC2)c(C)c1. The van der Waals surface area contributed by atoms with Gasteiger partial charge in [0.15, 0.2) is 0 Å². The summed E-state index contributed by atoms with van der Waals surface area (Å²) in [6.07, 6.45) is 3.22. The van der Waals surface area contributed by atoms with Crippen LogP contribution >= 0.6 is 0 Å². The third-order valence-electron chi connectivity index (χ3n) is 4.03. The molecule has 1 aliphatic rings. The molecule has 2 rings (SSSR count). The van der Waals surface area contributed by atoms with Gasteiger partial charge in [-0.25, -0.2) is 0 Å². The van der Waals surface area contributed by atoms with Gasteiger partial charge >= 0.3 is 0 Å². The highest BCUT2D eigenvalue weighted by molar-refractivity contribution is 5.86. The molecule has 19 heavy (non-hydrogen) atoms. The van der Waals surface area contributed by atoms with Gasteiger partial charge in [0.2, 0.25) is 5.91 Å². The molecule has 1 aromatic carbocycles. The van der Waals surface area contributed by atoms with Crippen molar-refractivity contribution in [3.63, 3.8) is 0 Å².